The fourth-order valence-electron chi connectivity index (χ4n) is 3.69. The number of carbonyl (C=O) groups is 2. The van der Waals surface area contributed by atoms with Crippen LogP contribution in [0, 0.1) is 5.92 Å². The number of amides is 1. The largest absolute Gasteiger partial charge is 0.493 e. The van der Waals surface area contributed by atoms with Gasteiger partial charge >= 0.3 is 5.97 Å². The molecule has 6 nitrogen and oxygen atoms in total. The Labute approximate surface area is 154 Å². The minimum atomic E-state index is -0.868. The van der Waals surface area contributed by atoms with Crippen LogP contribution in [0.3, 0.4) is 0 Å². The van der Waals surface area contributed by atoms with Gasteiger partial charge in [-0.1, -0.05) is 18.9 Å². The van der Waals surface area contributed by atoms with E-state index in [-0.39, 0.29) is 5.91 Å². The van der Waals surface area contributed by atoms with E-state index in [0.717, 1.165) is 18.4 Å². The Hall–Kier alpha value is -2.50. The van der Waals surface area contributed by atoms with Gasteiger partial charge in [-0.25, -0.2) is 0 Å². The number of benzene rings is 1. The minimum absolute atomic E-state index is 0.313. The molecule has 0 aliphatic heterocycles. The van der Waals surface area contributed by atoms with Crippen molar-refractivity contribution in [3.63, 3.8) is 0 Å². The molecule has 142 valence electrons. The van der Waals surface area contributed by atoms with Crippen LogP contribution in [0.5, 0.6) is 11.5 Å². The van der Waals surface area contributed by atoms with Crippen molar-refractivity contribution in [2.45, 2.75) is 44.6 Å². The van der Waals surface area contributed by atoms with E-state index in [2.05, 4.69) is 11.9 Å². The maximum atomic E-state index is 12.9. The van der Waals surface area contributed by atoms with Crippen LogP contribution < -0.4 is 14.8 Å². The Morgan fingerprint density at radius 1 is 1.35 bits per heavy atom. The van der Waals surface area contributed by atoms with Gasteiger partial charge in [0, 0.05) is 11.1 Å². The highest BCUT2D eigenvalue weighted by atomic mass is 16.5. The van der Waals surface area contributed by atoms with Crippen molar-refractivity contribution in [1.82, 2.24) is 5.32 Å². The molecular formula is C20H27NO5. The Morgan fingerprint density at radius 3 is 2.65 bits per heavy atom. The average Bonchev–Trinajstić information content (AvgIpc) is 2.60. The summed E-state index contributed by atoms with van der Waals surface area (Å²) in [5.74, 6) is -0.746. The van der Waals surface area contributed by atoms with E-state index in [1.807, 2.05) is 6.92 Å². The fraction of sp³-hybridized carbons (Fsp3) is 0.500. The lowest BCUT2D eigenvalue weighted by Gasteiger charge is -2.39. The molecule has 1 aliphatic rings. The number of hydrogen-bond donors (Lipinski definition) is 2. The summed E-state index contributed by atoms with van der Waals surface area (Å²) in [5, 5.41) is 12.5. The molecule has 1 amide bonds. The first kappa shape index (κ1) is 19.8. The van der Waals surface area contributed by atoms with Gasteiger partial charge in [0.25, 0.3) is 5.91 Å². The summed E-state index contributed by atoms with van der Waals surface area (Å²) >= 11 is 0. The van der Waals surface area contributed by atoms with Crippen molar-refractivity contribution in [2.24, 2.45) is 5.92 Å². The number of hydrogen-bond acceptors (Lipinski definition) is 4. The van der Waals surface area contributed by atoms with Gasteiger partial charge in [0.15, 0.2) is 11.5 Å². The number of aliphatic carboxylic acids is 1. The van der Waals surface area contributed by atoms with Gasteiger partial charge in [-0.2, -0.15) is 0 Å². The molecule has 6 heteroatoms. The van der Waals surface area contributed by atoms with Crippen molar-refractivity contribution in [3.8, 4) is 11.5 Å². The summed E-state index contributed by atoms with van der Waals surface area (Å²) in [4.78, 5) is 24.5. The molecule has 26 heavy (non-hydrogen) atoms. The zero-order chi connectivity index (χ0) is 19.3. The second kappa shape index (κ2) is 8.25. The van der Waals surface area contributed by atoms with Gasteiger partial charge in [-0.3, -0.25) is 9.59 Å². The van der Waals surface area contributed by atoms with Crippen molar-refractivity contribution in [1.29, 1.82) is 0 Å². The third-order valence-electron chi connectivity index (χ3n) is 5.09. The first-order valence-corrected chi connectivity index (χ1v) is 8.77. The minimum Gasteiger partial charge on any atom is -0.493 e. The van der Waals surface area contributed by atoms with E-state index < -0.39 is 17.4 Å². The molecule has 1 saturated carbocycles. The molecule has 0 saturated heterocycles. The maximum absolute atomic E-state index is 12.9. The van der Waals surface area contributed by atoms with E-state index in [9.17, 15) is 14.7 Å². The fourth-order valence-corrected chi connectivity index (χ4v) is 3.69. The molecule has 1 fully saturated rings. The molecule has 2 atom stereocenters. The second-order valence-electron chi connectivity index (χ2n) is 6.87. The standard InChI is InChI=1S/C20H27NO5/c1-5-8-13-11-14(12-16(25-3)17(13)26-4)18(22)21-20(2)10-7-6-9-15(20)19(23)24/h5,11-12,15H,1,6-10H2,2-4H3,(H,21,22)(H,23,24). The van der Waals surface area contributed by atoms with Crippen LogP contribution >= 0.6 is 0 Å². The van der Waals surface area contributed by atoms with Gasteiger partial charge in [-0.05, 0) is 38.3 Å². The monoisotopic (exact) mass is 361 g/mol. The summed E-state index contributed by atoms with van der Waals surface area (Å²) in [5.41, 5.74) is 0.429. The van der Waals surface area contributed by atoms with Crippen molar-refractivity contribution < 1.29 is 24.2 Å². The van der Waals surface area contributed by atoms with E-state index in [1.165, 1.54) is 7.11 Å². The quantitative estimate of drug-likeness (QED) is 0.729. The van der Waals surface area contributed by atoms with E-state index in [4.69, 9.17) is 9.47 Å². The first-order valence-electron chi connectivity index (χ1n) is 8.77. The van der Waals surface area contributed by atoms with Crippen molar-refractivity contribution >= 4 is 11.9 Å². The highest BCUT2D eigenvalue weighted by molar-refractivity contribution is 5.96. The van der Waals surface area contributed by atoms with Gasteiger partial charge in [0.1, 0.15) is 0 Å². The second-order valence-corrected chi connectivity index (χ2v) is 6.87. The molecular weight excluding hydrogens is 334 g/mol. The lowest BCUT2D eigenvalue weighted by Crippen LogP contribution is -2.55. The predicted octanol–water partition coefficient (Wildman–Crippen LogP) is 3.20. The summed E-state index contributed by atoms with van der Waals surface area (Å²) in [6, 6.07) is 3.35. The third-order valence-corrected chi connectivity index (χ3v) is 5.09. The van der Waals surface area contributed by atoms with E-state index in [0.29, 0.717) is 36.3 Å². The molecule has 1 aromatic rings. The van der Waals surface area contributed by atoms with Crippen LogP contribution in [0.25, 0.3) is 0 Å². The molecule has 0 aromatic heterocycles. The Balaban J connectivity index is 2.35. The summed E-state index contributed by atoms with van der Waals surface area (Å²) in [6.45, 7) is 5.55. The lowest BCUT2D eigenvalue weighted by atomic mass is 9.73. The maximum Gasteiger partial charge on any atom is 0.308 e. The Kier molecular flexibility index (Phi) is 6.29. The van der Waals surface area contributed by atoms with Crippen LogP contribution in [0.15, 0.2) is 24.8 Å². The first-order chi connectivity index (χ1) is 12.4. The molecule has 0 bridgehead atoms. The lowest BCUT2D eigenvalue weighted by molar-refractivity contribution is -0.145. The molecule has 0 radical (unpaired) electrons. The van der Waals surface area contributed by atoms with Crippen LogP contribution in [0.2, 0.25) is 0 Å². The van der Waals surface area contributed by atoms with Gasteiger partial charge in [0.2, 0.25) is 0 Å². The molecule has 0 heterocycles. The van der Waals surface area contributed by atoms with Gasteiger partial charge in [0.05, 0.1) is 25.7 Å². The predicted molar refractivity (Wildman–Crippen MR) is 98.9 cm³/mol. The number of rotatable bonds is 7. The summed E-state index contributed by atoms with van der Waals surface area (Å²) in [7, 11) is 3.06. The topological polar surface area (TPSA) is 84.9 Å². The highest BCUT2D eigenvalue weighted by Gasteiger charge is 2.42. The normalized spacial score (nSPS) is 22.3. The summed E-state index contributed by atoms with van der Waals surface area (Å²) < 4.78 is 10.7. The number of ether oxygens (including phenoxy) is 2. The molecule has 2 rings (SSSR count). The smallest absolute Gasteiger partial charge is 0.308 e. The van der Waals surface area contributed by atoms with Crippen LogP contribution in [0.1, 0.15) is 48.5 Å². The third kappa shape index (κ3) is 4.00. The number of carboxylic acids is 1. The zero-order valence-corrected chi connectivity index (χ0v) is 15.6. The van der Waals surface area contributed by atoms with Crippen molar-refractivity contribution in [2.75, 3.05) is 14.2 Å². The Morgan fingerprint density at radius 2 is 2.08 bits per heavy atom. The van der Waals surface area contributed by atoms with Crippen LogP contribution in [-0.2, 0) is 11.2 Å². The van der Waals surface area contributed by atoms with E-state index >= 15 is 0 Å². The highest BCUT2D eigenvalue weighted by Crippen LogP contribution is 2.36. The van der Waals surface area contributed by atoms with Gasteiger partial charge < -0.3 is 19.9 Å². The van der Waals surface area contributed by atoms with Crippen LogP contribution in [-0.4, -0.2) is 36.7 Å². The van der Waals surface area contributed by atoms with Crippen molar-refractivity contribution in [3.05, 3.63) is 35.9 Å². The molecule has 0 spiro atoms. The average molecular weight is 361 g/mol. The Bertz CT molecular complexity index is 700. The molecule has 1 aliphatic carbocycles. The number of methoxy groups -OCH3 is 2. The molecule has 2 N–H and O–H groups in total. The van der Waals surface area contributed by atoms with E-state index in [1.54, 1.807) is 25.3 Å². The van der Waals surface area contributed by atoms with Crippen LogP contribution in [0.4, 0.5) is 0 Å². The zero-order valence-electron chi connectivity index (χ0n) is 15.6. The number of carbonyl (C=O) groups excluding carboxylic acids is 1. The number of allylic oxidation sites excluding steroid dienone is 1. The van der Waals surface area contributed by atoms with Gasteiger partial charge in [-0.15, -0.1) is 6.58 Å². The molecule has 1 aromatic carbocycles. The number of carboxylic acid groups (broad SMARTS) is 1. The summed E-state index contributed by atoms with van der Waals surface area (Å²) in [6.07, 6.45) is 5.22. The SMILES string of the molecule is C=CCc1cc(C(=O)NC2(C)CCCCC2C(=O)O)cc(OC)c1OC. The molecule has 2 unspecified atom stereocenters. The number of nitrogens with one attached hydrogen (secondary N) is 1.